The van der Waals surface area contributed by atoms with Crippen molar-refractivity contribution in [3.8, 4) is 0 Å². The number of hydrogen-bond acceptors (Lipinski definition) is 13. The lowest BCUT2D eigenvalue weighted by Gasteiger charge is -2.28. The zero-order valence-corrected chi connectivity index (χ0v) is 42.0. The third-order valence-corrected chi connectivity index (χ3v) is 11.9. The van der Waals surface area contributed by atoms with E-state index in [4.69, 9.17) is 34.4 Å². The Balaban J connectivity index is 1.79. The Bertz CT molecular complexity index is 2610. The number of carboxylic acid groups (broad SMARTS) is 1. The van der Waals surface area contributed by atoms with Crippen molar-refractivity contribution in [3.05, 3.63) is 65.9 Å². The van der Waals surface area contributed by atoms with Crippen LogP contribution in [-0.4, -0.2) is 143 Å². The van der Waals surface area contributed by atoms with E-state index in [0.29, 0.717) is 27.7 Å². The summed E-state index contributed by atoms with van der Waals surface area (Å²) in [5, 5.41) is 31.3. The van der Waals surface area contributed by atoms with E-state index in [2.05, 4.69) is 57.5 Å². The number of H-pyrrole nitrogens is 1. The number of aliphatic imine (C=N–C) groups is 2. The second kappa shape index (κ2) is 29.7. The van der Waals surface area contributed by atoms with E-state index >= 15 is 0 Å². The molecule has 0 saturated carbocycles. The van der Waals surface area contributed by atoms with Gasteiger partial charge >= 0.3 is 5.97 Å². The molecule has 28 heteroatoms. The van der Waals surface area contributed by atoms with E-state index in [-0.39, 0.29) is 82.9 Å². The number of primary amides is 1. The van der Waals surface area contributed by atoms with Gasteiger partial charge in [0.05, 0.1) is 6.42 Å². The second-order valence-electron chi connectivity index (χ2n) is 18.1. The standard InChI is InChI=1S/C48H69N17O11/c1-25(66)59-31(9-4-19-56-47(51)52)40(69)61-33-16-17-39(68)55-18-6-11-34(46(75)76)62-44(73)36(22-27-24-58-30-8-3-2-7-29(27)30)64-41(70)32(10-5-20-57-48(53)54)60-43(72)35(21-26-12-14-28(49)15-13-26)63-45(74)37(23-38(50)67)65-42(33)71/h2-3,7-8,12-15,24,31-37,58H,4-6,9-11,16-23,49H2,1H3,(H2,50,67)(H,55,68)(H,59,66)(H,60,72)(H,61,69)(H,62,73)(H,63,74)(H,64,70)(H,65,71)(H,75,76)(H4,51,52,56)(H4,53,54,57)/t31-,32-,33-,34-,35+,36-,37-/m0/s1. The van der Waals surface area contributed by atoms with Crippen LogP contribution >= 0.6 is 0 Å². The van der Waals surface area contributed by atoms with Crippen LogP contribution in [0.1, 0.15) is 75.8 Å². The van der Waals surface area contributed by atoms with Gasteiger partial charge in [0.2, 0.25) is 53.2 Å². The molecule has 3 aromatic rings. The number of benzene rings is 2. The summed E-state index contributed by atoms with van der Waals surface area (Å²) in [6.07, 6.45) is -0.539. The average Bonchev–Trinajstić information content (AvgIpc) is 3.76. The van der Waals surface area contributed by atoms with Crippen molar-refractivity contribution in [1.82, 2.24) is 47.5 Å². The second-order valence-corrected chi connectivity index (χ2v) is 18.1. The van der Waals surface area contributed by atoms with Gasteiger partial charge < -0.3 is 87.0 Å². The number of nitrogens with one attached hydrogen (secondary N) is 9. The summed E-state index contributed by atoms with van der Waals surface area (Å²) >= 11 is 0. The minimum Gasteiger partial charge on any atom is -0.480 e. The van der Waals surface area contributed by atoms with Gasteiger partial charge in [0.25, 0.3) is 0 Å². The Morgan fingerprint density at radius 1 is 0.724 bits per heavy atom. The van der Waals surface area contributed by atoms with Crippen LogP contribution in [0.15, 0.2) is 64.7 Å². The van der Waals surface area contributed by atoms with Crippen LogP contribution in [0.2, 0.25) is 0 Å². The molecule has 412 valence electrons. The van der Waals surface area contributed by atoms with Crippen molar-refractivity contribution in [1.29, 1.82) is 0 Å². The normalized spacial score (nSPS) is 20.9. The van der Waals surface area contributed by atoms with Crippen LogP contribution < -0.4 is 76.9 Å². The summed E-state index contributed by atoms with van der Waals surface area (Å²) in [6, 6.07) is 2.68. The first-order valence-corrected chi connectivity index (χ1v) is 24.5. The third kappa shape index (κ3) is 20.1. The molecule has 1 aliphatic heterocycles. The number of anilines is 1. The molecule has 2 aromatic carbocycles. The molecule has 0 aliphatic carbocycles. The molecule has 1 saturated heterocycles. The number of carbonyl (C=O) groups is 10. The molecule has 1 aliphatic rings. The van der Waals surface area contributed by atoms with E-state index in [1.807, 2.05) is 0 Å². The van der Waals surface area contributed by atoms with Gasteiger partial charge in [0.1, 0.15) is 42.3 Å². The van der Waals surface area contributed by atoms with E-state index in [0.717, 1.165) is 6.92 Å². The van der Waals surface area contributed by atoms with Crippen LogP contribution in [0.5, 0.6) is 0 Å². The van der Waals surface area contributed by atoms with E-state index in [1.54, 1.807) is 42.6 Å². The topological polar surface area (TPSA) is 484 Å². The van der Waals surface area contributed by atoms with Crippen molar-refractivity contribution in [2.24, 2.45) is 38.7 Å². The highest BCUT2D eigenvalue weighted by molar-refractivity contribution is 5.99. The van der Waals surface area contributed by atoms with E-state index < -0.39 is 121 Å². The Labute approximate surface area is 436 Å². The Kier molecular flexibility index (Phi) is 23.2. The number of para-hydroxylation sites is 1. The number of guanidine groups is 2. The Morgan fingerprint density at radius 2 is 1.32 bits per heavy atom. The Morgan fingerprint density at radius 3 is 1.96 bits per heavy atom. The number of amides is 9. The Hall–Kier alpha value is -8.98. The molecular weight excluding hydrogens is 991 g/mol. The van der Waals surface area contributed by atoms with Crippen molar-refractivity contribution in [2.75, 3.05) is 25.4 Å². The first-order valence-electron chi connectivity index (χ1n) is 24.5. The molecule has 22 N–H and O–H groups in total. The molecule has 0 spiro atoms. The maximum atomic E-state index is 14.6. The fourth-order valence-corrected chi connectivity index (χ4v) is 8.09. The number of nitrogen functional groups attached to an aromatic ring is 1. The van der Waals surface area contributed by atoms with Crippen LogP contribution in [-0.2, 0) is 60.8 Å². The van der Waals surface area contributed by atoms with E-state index in [9.17, 15) is 53.1 Å². The number of nitrogens with zero attached hydrogens (tertiary/aromatic N) is 2. The summed E-state index contributed by atoms with van der Waals surface area (Å²) in [6.45, 7) is 1.12. The van der Waals surface area contributed by atoms with Gasteiger partial charge in [0, 0.05) is 68.6 Å². The molecule has 2 heterocycles. The molecule has 9 amide bonds. The first-order chi connectivity index (χ1) is 36.1. The molecule has 1 aromatic heterocycles. The largest absolute Gasteiger partial charge is 0.480 e. The van der Waals surface area contributed by atoms with Crippen LogP contribution in [0.4, 0.5) is 5.69 Å². The number of fused-ring (bicyclic) bond motifs is 1. The summed E-state index contributed by atoms with van der Waals surface area (Å²) < 4.78 is 0. The molecular formula is C48H69N17O11. The van der Waals surface area contributed by atoms with Crippen molar-refractivity contribution < 1.29 is 53.1 Å². The van der Waals surface area contributed by atoms with Crippen LogP contribution in [0.3, 0.4) is 0 Å². The third-order valence-electron chi connectivity index (χ3n) is 11.9. The van der Waals surface area contributed by atoms with Crippen LogP contribution in [0.25, 0.3) is 10.9 Å². The van der Waals surface area contributed by atoms with E-state index in [1.165, 1.54) is 12.1 Å². The molecule has 28 nitrogen and oxygen atoms in total. The minimum absolute atomic E-state index is 0.00312. The molecule has 1 fully saturated rings. The lowest BCUT2D eigenvalue weighted by Crippen LogP contribution is -2.60. The van der Waals surface area contributed by atoms with Crippen LogP contribution in [0, 0.1) is 0 Å². The molecule has 76 heavy (non-hydrogen) atoms. The minimum atomic E-state index is -1.81. The SMILES string of the molecule is CC(=O)N[C@@H](CCCN=C(N)N)C(=O)N[C@H]1CCC(=O)NCCC[C@@H](C(=O)O)NC(=O)[C@H](Cc2c[nH]c3ccccc23)NC(=O)[C@H](CCCN=C(N)N)NC(=O)[C@@H](Cc2ccc(N)cc2)NC(=O)[C@H](CC(N)=O)NC1=O. The summed E-state index contributed by atoms with van der Waals surface area (Å²) in [7, 11) is 0. The van der Waals surface area contributed by atoms with Crippen molar-refractivity contribution in [3.63, 3.8) is 0 Å². The summed E-state index contributed by atoms with van der Waals surface area (Å²) in [4.78, 5) is 147. The van der Waals surface area contributed by atoms with Gasteiger partial charge in [-0.1, -0.05) is 30.3 Å². The first kappa shape index (κ1) is 59.6. The molecule has 0 bridgehead atoms. The molecule has 4 rings (SSSR count). The molecule has 0 unspecified atom stereocenters. The van der Waals surface area contributed by atoms with Gasteiger partial charge in [-0.2, -0.15) is 0 Å². The van der Waals surface area contributed by atoms with Gasteiger partial charge in [-0.15, -0.1) is 0 Å². The molecule has 0 radical (unpaired) electrons. The number of carbonyl (C=O) groups excluding carboxylic acids is 9. The number of aliphatic carboxylic acids is 1. The quantitative estimate of drug-likeness (QED) is 0.0248. The number of rotatable bonds is 18. The lowest BCUT2D eigenvalue weighted by molar-refractivity contribution is -0.142. The lowest BCUT2D eigenvalue weighted by atomic mass is 10.0. The van der Waals surface area contributed by atoms with Crippen molar-refractivity contribution >= 4 is 87.6 Å². The number of hydrogen-bond donors (Lipinski definition) is 16. The average molecular weight is 1060 g/mol. The maximum absolute atomic E-state index is 14.6. The molecule has 7 atom stereocenters. The van der Waals surface area contributed by atoms with Gasteiger partial charge in [-0.3, -0.25) is 53.1 Å². The zero-order valence-electron chi connectivity index (χ0n) is 42.0. The maximum Gasteiger partial charge on any atom is 0.326 e. The predicted molar refractivity (Wildman–Crippen MR) is 278 cm³/mol. The summed E-state index contributed by atoms with van der Waals surface area (Å²) in [5.74, 6) is -10.0. The van der Waals surface area contributed by atoms with Gasteiger partial charge in [0.15, 0.2) is 11.9 Å². The highest BCUT2D eigenvalue weighted by Crippen LogP contribution is 2.20. The zero-order chi connectivity index (χ0) is 55.9. The van der Waals surface area contributed by atoms with Crippen molar-refractivity contribution in [2.45, 2.75) is 120 Å². The highest BCUT2D eigenvalue weighted by Gasteiger charge is 2.35. The fourth-order valence-electron chi connectivity index (χ4n) is 8.09. The summed E-state index contributed by atoms with van der Waals surface area (Å²) in [5.41, 5.74) is 35.5. The number of nitrogens with two attached hydrogens (primary N) is 6. The number of aromatic amines is 1. The fraction of sp³-hybridized carbons (Fsp3) is 0.458. The smallest absolute Gasteiger partial charge is 0.326 e. The monoisotopic (exact) mass is 1060 g/mol. The number of aromatic nitrogens is 1. The highest BCUT2D eigenvalue weighted by atomic mass is 16.4. The predicted octanol–water partition coefficient (Wildman–Crippen LogP) is -4.29. The van der Waals surface area contributed by atoms with Gasteiger partial charge in [-0.05, 0) is 74.3 Å². The number of carboxylic acids is 1. The van der Waals surface area contributed by atoms with Gasteiger partial charge in [-0.25, -0.2) is 4.79 Å².